The Bertz CT molecular complexity index is 1820. The Balaban J connectivity index is 1.45. The van der Waals surface area contributed by atoms with Gasteiger partial charge in [0.15, 0.2) is 5.16 Å². The number of rotatable bonds is 10. The molecule has 0 amide bonds. The van der Waals surface area contributed by atoms with E-state index >= 15 is 8.78 Å². The zero-order valence-corrected chi connectivity index (χ0v) is 28.6. The second-order valence-electron chi connectivity index (χ2n) is 12.6. The average molecular weight is 693 g/mol. The van der Waals surface area contributed by atoms with Crippen LogP contribution in [0.5, 0.6) is 5.75 Å². The molecule has 1 fully saturated rings. The fourth-order valence-corrected chi connectivity index (χ4v) is 8.16. The van der Waals surface area contributed by atoms with Crippen molar-refractivity contribution in [3.8, 4) is 11.4 Å². The van der Waals surface area contributed by atoms with Crippen LogP contribution in [-0.4, -0.2) is 62.8 Å². The first-order valence-electron chi connectivity index (χ1n) is 14.7. The molecule has 7 nitrogen and oxygen atoms in total. The lowest BCUT2D eigenvalue weighted by molar-refractivity contribution is -0.895. The molecule has 1 aromatic heterocycles. The first-order valence-corrected chi connectivity index (χ1v) is 17.5. The van der Waals surface area contributed by atoms with E-state index in [4.69, 9.17) is 16.3 Å². The van der Waals surface area contributed by atoms with Crippen LogP contribution in [-0.2, 0) is 21.2 Å². The second kappa shape index (κ2) is 13.2. The summed E-state index contributed by atoms with van der Waals surface area (Å²) in [5.74, 6) is -2.08. The summed E-state index contributed by atoms with van der Waals surface area (Å²) in [5, 5.41) is 0.859. The highest BCUT2D eigenvalue weighted by molar-refractivity contribution is 7.98. The lowest BCUT2D eigenvalue weighted by Gasteiger charge is -2.43. The molecule has 3 aromatic carbocycles. The van der Waals surface area contributed by atoms with Gasteiger partial charge in [-0.3, -0.25) is 4.57 Å². The summed E-state index contributed by atoms with van der Waals surface area (Å²) >= 11 is 7.34. The largest absolute Gasteiger partial charge is 0.537 e. The third-order valence-electron chi connectivity index (χ3n) is 8.38. The zero-order chi connectivity index (χ0) is 33.4. The Morgan fingerprint density at radius 3 is 2.39 bits per heavy atom. The Hall–Kier alpha value is -3.03. The normalized spacial score (nSPS) is 16.8. The minimum absolute atomic E-state index is 0.184. The maximum absolute atomic E-state index is 15.4. The molecule has 1 aliphatic rings. The van der Waals surface area contributed by atoms with Gasteiger partial charge in [-0.05, 0) is 60.5 Å². The highest BCUT2D eigenvalue weighted by Crippen LogP contribution is 2.40. The molecule has 1 saturated heterocycles. The SMILES string of the molecule is COc1cc(C(C)(C)c2cnc(SCc3c(F)cc(S(=O)(=O)[N-][C@H]4CCC[N+](C)(C)C4)cc3F)n2-c2ccc(F)cc2)ccc1Cl. The molecule has 0 bridgehead atoms. The first-order chi connectivity index (χ1) is 21.6. The van der Waals surface area contributed by atoms with Crippen LogP contribution in [0.4, 0.5) is 13.2 Å². The predicted molar refractivity (Wildman–Crippen MR) is 175 cm³/mol. The molecule has 46 heavy (non-hydrogen) atoms. The number of hydrogen-bond donors (Lipinski definition) is 0. The van der Waals surface area contributed by atoms with Gasteiger partial charge >= 0.3 is 0 Å². The maximum atomic E-state index is 15.4. The quantitative estimate of drug-likeness (QED) is 0.125. The van der Waals surface area contributed by atoms with Gasteiger partial charge in [0.25, 0.3) is 0 Å². The lowest BCUT2D eigenvalue weighted by Crippen LogP contribution is -2.49. The summed E-state index contributed by atoms with van der Waals surface area (Å²) in [6.07, 6.45) is 3.09. The van der Waals surface area contributed by atoms with Crippen molar-refractivity contribution >= 4 is 33.4 Å². The van der Waals surface area contributed by atoms with E-state index in [1.54, 1.807) is 24.4 Å². The van der Waals surface area contributed by atoms with E-state index in [-0.39, 0.29) is 11.3 Å². The molecule has 2 heterocycles. The smallest absolute Gasteiger partial charge is 0.173 e. The van der Waals surface area contributed by atoms with Gasteiger partial charge < -0.3 is 13.9 Å². The molecule has 1 aliphatic heterocycles. The number of hydrogen-bond acceptors (Lipinski definition) is 5. The van der Waals surface area contributed by atoms with Crippen molar-refractivity contribution in [3.05, 3.63) is 105 Å². The number of likely N-dealkylation sites (N-methyl/N-ethyl adjacent to an activating group) is 1. The Kier molecular flexibility index (Phi) is 9.87. The number of methoxy groups -OCH3 is 1. The van der Waals surface area contributed by atoms with Gasteiger partial charge in [-0.15, -0.1) is 0 Å². The molecule has 4 aromatic rings. The zero-order valence-electron chi connectivity index (χ0n) is 26.2. The van der Waals surface area contributed by atoms with E-state index in [0.717, 1.165) is 48.1 Å². The van der Waals surface area contributed by atoms with E-state index in [0.29, 0.717) is 39.1 Å². The third-order valence-corrected chi connectivity index (χ3v) is 11.1. The molecule has 246 valence electrons. The summed E-state index contributed by atoms with van der Waals surface area (Å²) in [4.78, 5) is 4.08. The number of likely N-dealkylation sites (tertiary alicyclic amines) is 1. The minimum Gasteiger partial charge on any atom is -0.537 e. The Labute approximate surface area is 277 Å². The Morgan fingerprint density at radius 1 is 1.09 bits per heavy atom. The van der Waals surface area contributed by atoms with Crippen molar-refractivity contribution in [2.75, 3.05) is 34.3 Å². The highest BCUT2D eigenvalue weighted by Gasteiger charge is 2.31. The molecular formula is C33H36ClF3N4O3S2. The van der Waals surface area contributed by atoms with Crippen molar-refractivity contribution in [1.82, 2.24) is 9.55 Å². The molecular weight excluding hydrogens is 657 g/mol. The summed E-state index contributed by atoms with van der Waals surface area (Å²) in [6.45, 7) is 5.41. The van der Waals surface area contributed by atoms with E-state index in [2.05, 4.69) is 9.71 Å². The number of aromatic nitrogens is 2. The lowest BCUT2D eigenvalue weighted by atomic mass is 9.81. The standard InChI is InChI=1S/C33H36ClF3N4O3S2/c1-33(2,21-8-13-27(34)30(15-21)44-5)31-18-38-32(40(31)24-11-9-22(35)10-12-24)45-20-26-28(36)16-25(17-29(26)37)46(42,43)39-23-7-6-14-41(3,4)19-23/h8-13,15-18,23H,6-7,14,19-20H2,1-5H3/t23-/m0/s1. The van der Waals surface area contributed by atoms with Crippen LogP contribution in [0.3, 0.4) is 0 Å². The topological polar surface area (TPSA) is 75.3 Å². The number of thioether (sulfide) groups is 1. The van der Waals surface area contributed by atoms with Crippen molar-refractivity contribution in [1.29, 1.82) is 0 Å². The fraction of sp³-hybridized carbons (Fsp3) is 0.364. The molecule has 1 atom stereocenters. The number of benzene rings is 3. The molecule has 0 spiro atoms. The van der Waals surface area contributed by atoms with Gasteiger partial charge in [0, 0.05) is 22.4 Å². The number of halogens is 4. The van der Waals surface area contributed by atoms with Gasteiger partial charge in [0.2, 0.25) is 0 Å². The van der Waals surface area contributed by atoms with Gasteiger partial charge in [-0.25, -0.2) is 26.6 Å². The number of nitrogens with zero attached hydrogens (tertiary/aromatic N) is 4. The van der Waals surface area contributed by atoms with Crippen LogP contribution in [0.2, 0.25) is 5.02 Å². The van der Waals surface area contributed by atoms with Crippen LogP contribution in [0, 0.1) is 17.5 Å². The van der Waals surface area contributed by atoms with Crippen molar-refractivity contribution in [2.24, 2.45) is 0 Å². The van der Waals surface area contributed by atoms with Gasteiger partial charge in [0.1, 0.15) is 33.2 Å². The van der Waals surface area contributed by atoms with Crippen LogP contribution in [0.25, 0.3) is 10.4 Å². The number of quaternary nitrogens is 1. The minimum atomic E-state index is -4.27. The molecule has 0 N–H and O–H groups in total. The number of sulfonamides is 1. The van der Waals surface area contributed by atoms with Crippen molar-refractivity contribution in [2.45, 2.75) is 54.0 Å². The summed E-state index contributed by atoms with van der Waals surface area (Å²) in [6, 6.07) is 12.5. The van der Waals surface area contributed by atoms with E-state index in [1.807, 2.05) is 44.6 Å². The van der Waals surface area contributed by atoms with Crippen molar-refractivity contribution in [3.63, 3.8) is 0 Å². The third kappa shape index (κ3) is 7.26. The number of imidazole rings is 1. The van der Waals surface area contributed by atoms with Crippen LogP contribution < -0.4 is 4.74 Å². The average Bonchev–Trinajstić information content (AvgIpc) is 3.41. The summed E-state index contributed by atoms with van der Waals surface area (Å²) < 4.78 is 82.6. The van der Waals surface area contributed by atoms with E-state index in [1.165, 1.54) is 19.2 Å². The first kappa shape index (κ1) is 34.3. The van der Waals surface area contributed by atoms with Crippen LogP contribution in [0.1, 0.15) is 43.5 Å². The summed E-state index contributed by atoms with van der Waals surface area (Å²) in [7, 11) is 1.26. The van der Waals surface area contributed by atoms with Crippen molar-refractivity contribution < 1.29 is 30.8 Å². The monoisotopic (exact) mass is 692 g/mol. The predicted octanol–water partition coefficient (Wildman–Crippen LogP) is 7.87. The molecule has 13 heteroatoms. The molecule has 0 saturated carbocycles. The van der Waals surface area contributed by atoms with Crippen LogP contribution in [0.15, 0.2) is 70.8 Å². The fourth-order valence-electron chi connectivity index (χ4n) is 5.77. The molecule has 0 aliphatic carbocycles. The highest BCUT2D eigenvalue weighted by atomic mass is 35.5. The molecule has 0 radical (unpaired) electrons. The molecule has 0 unspecified atom stereocenters. The second-order valence-corrected chi connectivity index (χ2v) is 15.6. The van der Waals surface area contributed by atoms with Crippen LogP contribution >= 0.6 is 23.4 Å². The van der Waals surface area contributed by atoms with Gasteiger partial charge in [-0.1, -0.05) is 55.7 Å². The van der Waals surface area contributed by atoms with Gasteiger partial charge in [0.05, 0.1) is 56.1 Å². The maximum Gasteiger partial charge on any atom is 0.173 e. The molecule has 5 rings (SSSR count). The van der Waals surface area contributed by atoms with Gasteiger partial charge in [-0.2, -0.15) is 0 Å². The number of piperidine rings is 1. The number of ether oxygens (including phenoxy) is 1. The van der Waals surface area contributed by atoms with E-state index < -0.39 is 43.8 Å². The Morgan fingerprint density at radius 2 is 1.76 bits per heavy atom. The van der Waals surface area contributed by atoms with E-state index in [9.17, 15) is 12.8 Å². The summed E-state index contributed by atoms with van der Waals surface area (Å²) in [5.41, 5.74) is 1.22.